The van der Waals surface area contributed by atoms with Gasteiger partial charge in [0.15, 0.2) is 8.32 Å². The first kappa shape index (κ1) is 18.1. The lowest BCUT2D eigenvalue weighted by molar-refractivity contribution is -0.125. The van der Waals surface area contributed by atoms with Crippen LogP contribution < -0.4 is 0 Å². The molecule has 3 heteroatoms. The quantitative estimate of drug-likeness (QED) is 0.661. The van der Waals surface area contributed by atoms with E-state index in [-0.39, 0.29) is 22.8 Å². The second kappa shape index (κ2) is 6.88. The molecule has 0 aromatic heterocycles. The Morgan fingerprint density at radius 3 is 2.14 bits per heavy atom. The molecule has 21 heavy (non-hydrogen) atoms. The van der Waals surface area contributed by atoms with E-state index in [1.54, 1.807) is 0 Å². The zero-order valence-electron chi connectivity index (χ0n) is 14.6. The zero-order chi connectivity index (χ0) is 16.3. The smallest absolute Gasteiger partial charge is 0.192 e. The largest absolute Gasteiger partial charge is 0.409 e. The van der Waals surface area contributed by atoms with E-state index in [0.717, 1.165) is 5.56 Å². The molecule has 0 spiro atoms. The van der Waals surface area contributed by atoms with E-state index in [1.165, 1.54) is 0 Å². The molecule has 1 aromatic rings. The van der Waals surface area contributed by atoms with Gasteiger partial charge in [0.1, 0.15) is 5.78 Å². The maximum Gasteiger partial charge on any atom is 0.192 e. The van der Waals surface area contributed by atoms with Gasteiger partial charge >= 0.3 is 0 Å². The Bertz CT molecular complexity index is 460. The Morgan fingerprint density at radius 1 is 1.19 bits per heavy atom. The summed E-state index contributed by atoms with van der Waals surface area (Å²) in [5.74, 6) is 0.161. The van der Waals surface area contributed by atoms with Crippen molar-refractivity contribution < 1.29 is 9.22 Å². The van der Waals surface area contributed by atoms with Crippen LogP contribution in [0, 0.1) is 5.92 Å². The van der Waals surface area contributed by atoms with Crippen molar-refractivity contribution in [2.45, 2.75) is 65.3 Å². The maximum atomic E-state index is 12.2. The van der Waals surface area contributed by atoms with Gasteiger partial charge < -0.3 is 4.43 Å². The van der Waals surface area contributed by atoms with Gasteiger partial charge in [0, 0.05) is 12.3 Å². The molecule has 2 nitrogen and oxygen atoms in total. The van der Waals surface area contributed by atoms with Gasteiger partial charge in [-0.2, -0.15) is 0 Å². The van der Waals surface area contributed by atoms with Gasteiger partial charge in [0.05, 0.1) is 6.10 Å². The third kappa shape index (κ3) is 4.52. The third-order valence-electron chi connectivity index (χ3n) is 4.67. The number of rotatable bonds is 6. The fourth-order valence-corrected chi connectivity index (χ4v) is 3.42. The van der Waals surface area contributed by atoms with E-state index in [2.05, 4.69) is 46.0 Å². The fourth-order valence-electron chi connectivity index (χ4n) is 2.09. The Balaban J connectivity index is 3.12. The monoisotopic (exact) mass is 306 g/mol. The van der Waals surface area contributed by atoms with Crippen LogP contribution in [0.15, 0.2) is 30.3 Å². The highest BCUT2D eigenvalue weighted by atomic mass is 28.4. The molecule has 0 radical (unpaired) electrons. The van der Waals surface area contributed by atoms with Crippen molar-refractivity contribution in [3.8, 4) is 0 Å². The third-order valence-corrected chi connectivity index (χ3v) is 9.12. The fraction of sp³-hybridized carbons (Fsp3) is 0.611. The molecule has 2 atom stereocenters. The van der Waals surface area contributed by atoms with Gasteiger partial charge in [0.25, 0.3) is 0 Å². The molecule has 118 valence electrons. The predicted octanol–water partition coefficient (Wildman–Crippen LogP) is 5.36. The number of hydrogen-bond donors (Lipinski definition) is 0. The standard InChI is InChI=1S/C18H30O2Si/c1-8-16(19)14(2)17(15-12-10-9-11-13-15)20-21(6,7)18(3,4)5/h9-14,17H,8H2,1-7H3. The summed E-state index contributed by atoms with van der Waals surface area (Å²) in [7, 11) is -1.92. The minimum absolute atomic E-state index is 0.105. The van der Waals surface area contributed by atoms with Crippen LogP contribution in [0.3, 0.4) is 0 Å². The molecule has 1 rings (SSSR count). The molecule has 0 fully saturated rings. The predicted molar refractivity (Wildman–Crippen MR) is 91.9 cm³/mol. The van der Waals surface area contributed by atoms with Gasteiger partial charge in [-0.25, -0.2) is 0 Å². The number of benzene rings is 1. The summed E-state index contributed by atoms with van der Waals surface area (Å²) in [6, 6.07) is 10.2. The lowest BCUT2D eigenvalue weighted by Gasteiger charge is -2.40. The van der Waals surface area contributed by atoms with E-state index < -0.39 is 8.32 Å². The molecule has 0 aliphatic carbocycles. The normalized spacial score (nSPS) is 15.6. The number of carbonyl (C=O) groups excluding carboxylic acids is 1. The van der Waals surface area contributed by atoms with Crippen LogP contribution >= 0.6 is 0 Å². The summed E-state index contributed by atoms with van der Waals surface area (Å²) < 4.78 is 6.59. The highest BCUT2D eigenvalue weighted by Gasteiger charge is 2.41. The minimum atomic E-state index is -1.92. The van der Waals surface area contributed by atoms with Crippen molar-refractivity contribution in [3.63, 3.8) is 0 Å². The maximum absolute atomic E-state index is 12.2. The van der Waals surface area contributed by atoms with Crippen LogP contribution in [-0.2, 0) is 9.22 Å². The second-order valence-electron chi connectivity index (χ2n) is 7.32. The van der Waals surface area contributed by atoms with E-state index in [0.29, 0.717) is 6.42 Å². The van der Waals surface area contributed by atoms with Gasteiger partial charge in [-0.3, -0.25) is 4.79 Å². The summed E-state index contributed by atoms with van der Waals surface area (Å²) in [5, 5.41) is 0.134. The Labute approximate surface area is 131 Å². The van der Waals surface area contributed by atoms with Gasteiger partial charge in [0.2, 0.25) is 0 Å². The average molecular weight is 307 g/mol. The van der Waals surface area contributed by atoms with Crippen LogP contribution in [0.2, 0.25) is 18.1 Å². The van der Waals surface area contributed by atoms with Gasteiger partial charge in [-0.15, -0.1) is 0 Å². The van der Waals surface area contributed by atoms with Crippen LogP contribution in [0.5, 0.6) is 0 Å². The molecule has 0 aliphatic heterocycles. The summed E-state index contributed by atoms with van der Waals surface area (Å²) in [5.41, 5.74) is 1.11. The van der Waals surface area contributed by atoms with Crippen molar-refractivity contribution in [1.29, 1.82) is 0 Å². The Kier molecular flexibility index (Phi) is 5.94. The SMILES string of the molecule is CCC(=O)C(C)C(O[Si](C)(C)C(C)(C)C)c1ccccc1. The molecule has 0 heterocycles. The Morgan fingerprint density at radius 2 is 1.71 bits per heavy atom. The van der Waals surface area contributed by atoms with E-state index in [1.807, 2.05) is 32.0 Å². The summed E-state index contributed by atoms with van der Waals surface area (Å²) in [6.07, 6.45) is 0.422. The minimum Gasteiger partial charge on any atom is -0.409 e. The van der Waals surface area contributed by atoms with Crippen LogP contribution in [0.25, 0.3) is 0 Å². The number of Topliss-reactive ketones (excluding diaryl/α,β-unsaturated/α-hetero) is 1. The van der Waals surface area contributed by atoms with Crippen molar-refractivity contribution in [2.75, 3.05) is 0 Å². The zero-order valence-corrected chi connectivity index (χ0v) is 15.6. The molecular weight excluding hydrogens is 276 g/mol. The van der Waals surface area contributed by atoms with Gasteiger partial charge in [-0.05, 0) is 23.7 Å². The first-order valence-electron chi connectivity index (χ1n) is 7.85. The molecule has 1 aromatic carbocycles. The van der Waals surface area contributed by atoms with E-state index >= 15 is 0 Å². The molecule has 0 N–H and O–H groups in total. The second-order valence-corrected chi connectivity index (χ2v) is 12.1. The first-order chi connectivity index (χ1) is 9.60. The molecule has 0 saturated carbocycles. The average Bonchev–Trinajstić information content (AvgIpc) is 2.43. The molecule has 2 unspecified atom stereocenters. The number of hydrogen-bond acceptors (Lipinski definition) is 2. The molecular formula is C18H30O2Si. The van der Waals surface area contributed by atoms with Crippen LogP contribution in [0.4, 0.5) is 0 Å². The van der Waals surface area contributed by atoms with Crippen molar-refractivity contribution in [1.82, 2.24) is 0 Å². The van der Waals surface area contributed by atoms with Crippen molar-refractivity contribution in [2.24, 2.45) is 5.92 Å². The highest BCUT2D eigenvalue weighted by Crippen LogP contribution is 2.41. The van der Waals surface area contributed by atoms with Crippen molar-refractivity contribution >= 4 is 14.1 Å². The Hall–Kier alpha value is -0.933. The van der Waals surface area contributed by atoms with Crippen LogP contribution in [-0.4, -0.2) is 14.1 Å². The summed E-state index contributed by atoms with van der Waals surface area (Å²) in [4.78, 5) is 12.2. The van der Waals surface area contributed by atoms with Gasteiger partial charge in [-0.1, -0.05) is 65.0 Å². The first-order valence-corrected chi connectivity index (χ1v) is 10.8. The number of carbonyl (C=O) groups is 1. The van der Waals surface area contributed by atoms with Crippen LogP contribution in [0.1, 0.15) is 52.7 Å². The highest BCUT2D eigenvalue weighted by molar-refractivity contribution is 6.74. The lowest BCUT2D eigenvalue weighted by Crippen LogP contribution is -2.43. The van der Waals surface area contributed by atoms with Crippen molar-refractivity contribution in [3.05, 3.63) is 35.9 Å². The number of ketones is 1. The summed E-state index contributed by atoms with van der Waals surface area (Å²) in [6.45, 7) is 15.1. The summed E-state index contributed by atoms with van der Waals surface area (Å²) >= 11 is 0. The molecule has 0 aliphatic rings. The van der Waals surface area contributed by atoms with E-state index in [4.69, 9.17) is 4.43 Å². The lowest BCUT2D eigenvalue weighted by atomic mass is 9.93. The molecule has 0 amide bonds. The topological polar surface area (TPSA) is 26.3 Å². The molecule has 0 bridgehead atoms. The molecule has 0 saturated heterocycles. The van der Waals surface area contributed by atoms with E-state index in [9.17, 15) is 4.79 Å².